The fourth-order valence-electron chi connectivity index (χ4n) is 2.12. The molecule has 0 aromatic heterocycles. The number of rotatable bonds is 3. The minimum Gasteiger partial charge on any atom is -0.494 e. The molecule has 3 unspecified atom stereocenters. The van der Waals surface area contributed by atoms with Crippen molar-refractivity contribution in [2.45, 2.75) is 37.4 Å². The molecule has 0 spiro atoms. The second-order valence-electron chi connectivity index (χ2n) is 4.36. The fraction of sp³-hybridized carbons (Fsp3) is 0.538. The lowest BCUT2D eigenvalue weighted by Crippen LogP contribution is -2.14. The Labute approximate surface area is 106 Å². The molecule has 1 aliphatic rings. The Kier molecular flexibility index (Phi) is 3.89. The Morgan fingerprint density at radius 1 is 1.47 bits per heavy atom. The van der Waals surface area contributed by atoms with Crippen molar-refractivity contribution in [2.24, 2.45) is 0 Å². The zero-order valence-corrected chi connectivity index (χ0v) is 10.7. The number of methoxy groups -OCH3 is 1. The standard InChI is InChI=1S/C13H16ClFO2/c1-8-3-5-12(17-8)13(14)9-4-6-11(16-2)10(15)7-9/h4,6-8,12-13H,3,5H2,1-2H3. The third kappa shape index (κ3) is 2.72. The molecule has 4 heteroatoms. The third-order valence-corrected chi connectivity index (χ3v) is 3.62. The van der Waals surface area contributed by atoms with Gasteiger partial charge in [-0.05, 0) is 37.5 Å². The monoisotopic (exact) mass is 258 g/mol. The van der Waals surface area contributed by atoms with Crippen LogP contribution in [0, 0.1) is 5.82 Å². The molecule has 0 aliphatic carbocycles. The minimum atomic E-state index is -0.387. The Morgan fingerprint density at radius 2 is 2.24 bits per heavy atom. The highest BCUT2D eigenvalue weighted by Crippen LogP contribution is 2.35. The van der Waals surface area contributed by atoms with Crippen molar-refractivity contribution >= 4 is 11.6 Å². The number of halogens is 2. The van der Waals surface area contributed by atoms with E-state index in [0.29, 0.717) is 0 Å². The molecule has 1 saturated heterocycles. The largest absolute Gasteiger partial charge is 0.494 e. The lowest BCUT2D eigenvalue weighted by atomic mass is 10.0. The SMILES string of the molecule is COc1ccc(C(Cl)C2CCC(C)O2)cc1F. The van der Waals surface area contributed by atoms with E-state index in [-0.39, 0.29) is 29.2 Å². The van der Waals surface area contributed by atoms with Gasteiger partial charge in [-0.3, -0.25) is 0 Å². The summed E-state index contributed by atoms with van der Waals surface area (Å²) in [6.45, 7) is 2.03. The molecule has 2 nitrogen and oxygen atoms in total. The van der Waals surface area contributed by atoms with Crippen LogP contribution in [0.4, 0.5) is 4.39 Å². The van der Waals surface area contributed by atoms with Crippen LogP contribution < -0.4 is 4.74 Å². The molecule has 0 saturated carbocycles. The van der Waals surface area contributed by atoms with Crippen molar-refractivity contribution in [3.63, 3.8) is 0 Å². The van der Waals surface area contributed by atoms with Crippen LogP contribution >= 0.6 is 11.6 Å². The van der Waals surface area contributed by atoms with Crippen molar-refractivity contribution in [1.82, 2.24) is 0 Å². The zero-order valence-electron chi connectivity index (χ0n) is 9.95. The van der Waals surface area contributed by atoms with E-state index in [4.69, 9.17) is 21.1 Å². The van der Waals surface area contributed by atoms with Gasteiger partial charge in [0.25, 0.3) is 0 Å². The van der Waals surface area contributed by atoms with Gasteiger partial charge in [0.2, 0.25) is 0 Å². The molecule has 0 amide bonds. The first-order valence-electron chi connectivity index (χ1n) is 5.74. The van der Waals surface area contributed by atoms with E-state index >= 15 is 0 Å². The second kappa shape index (κ2) is 5.23. The molecule has 1 aromatic carbocycles. The molecule has 2 rings (SSSR count). The van der Waals surface area contributed by atoms with E-state index < -0.39 is 0 Å². The summed E-state index contributed by atoms with van der Waals surface area (Å²) < 4.78 is 24.1. The number of benzene rings is 1. The highest BCUT2D eigenvalue weighted by atomic mass is 35.5. The lowest BCUT2D eigenvalue weighted by molar-refractivity contribution is 0.0533. The summed E-state index contributed by atoms with van der Waals surface area (Å²) in [4.78, 5) is 0. The Bertz CT molecular complexity index is 397. The summed E-state index contributed by atoms with van der Waals surface area (Å²) in [5, 5.41) is -0.305. The van der Waals surface area contributed by atoms with E-state index in [9.17, 15) is 4.39 Å². The Balaban J connectivity index is 2.14. The molecule has 94 valence electrons. The summed E-state index contributed by atoms with van der Waals surface area (Å²) in [6, 6.07) is 4.80. The van der Waals surface area contributed by atoms with Crippen molar-refractivity contribution in [3.8, 4) is 5.75 Å². The van der Waals surface area contributed by atoms with Crippen molar-refractivity contribution in [3.05, 3.63) is 29.6 Å². The first-order chi connectivity index (χ1) is 8.11. The maximum Gasteiger partial charge on any atom is 0.165 e. The molecule has 17 heavy (non-hydrogen) atoms. The summed E-state index contributed by atoms with van der Waals surface area (Å²) >= 11 is 6.31. The molecule has 0 N–H and O–H groups in total. The Hall–Kier alpha value is -0.800. The molecule has 3 atom stereocenters. The van der Waals surface area contributed by atoms with Crippen LogP contribution in [0.15, 0.2) is 18.2 Å². The van der Waals surface area contributed by atoms with Crippen molar-refractivity contribution in [2.75, 3.05) is 7.11 Å². The summed E-state index contributed by atoms with van der Waals surface area (Å²) in [5.74, 6) is -0.153. The van der Waals surface area contributed by atoms with Gasteiger partial charge in [-0.2, -0.15) is 0 Å². The maximum atomic E-state index is 13.5. The van der Waals surface area contributed by atoms with Crippen LogP contribution in [-0.4, -0.2) is 19.3 Å². The first kappa shape index (κ1) is 12.7. The van der Waals surface area contributed by atoms with Gasteiger partial charge in [0.05, 0.1) is 24.7 Å². The smallest absolute Gasteiger partial charge is 0.165 e. The van der Waals surface area contributed by atoms with E-state index in [1.54, 1.807) is 12.1 Å². The quantitative estimate of drug-likeness (QED) is 0.770. The van der Waals surface area contributed by atoms with Gasteiger partial charge in [0, 0.05) is 0 Å². The van der Waals surface area contributed by atoms with Crippen LogP contribution in [0.3, 0.4) is 0 Å². The van der Waals surface area contributed by atoms with Crippen LogP contribution in [0.25, 0.3) is 0 Å². The Morgan fingerprint density at radius 3 is 2.76 bits per heavy atom. The summed E-state index contributed by atoms with van der Waals surface area (Å²) in [7, 11) is 1.44. The first-order valence-corrected chi connectivity index (χ1v) is 6.18. The van der Waals surface area contributed by atoms with Crippen molar-refractivity contribution in [1.29, 1.82) is 0 Å². The topological polar surface area (TPSA) is 18.5 Å². The number of hydrogen-bond donors (Lipinski definition) is 0. The molecular weight excluding hydrogens is 243 g/mol. The highest BCUT2D eigenvalue weighted by Gasteiger charge is 2.29. The summed E-state index contributed by atoms with van der Waals surface area (Å²) in [6.07, 6.45) is 2.14. The molecule has 1 aromatic rings. The molecule has 1 heterocycles. The van der Waals surface area contributed by atoms with Gasteiger partial charge in [-0.1, -0.05) is 6.07 Å². The highest BCUT2D eigenvalue weighted by molar-refractivity contribution is 6.21. The second-order valence-corrected chi connectivity index (χ2v) is 4.83. The molecule has 1 fully saturated rings. The van der Waals surface area contributed by atoms with Gasteiger partial charge in [0.1, 0.15) is 0 Å². The summed E-state index contributed by atoms with van der Waals surface area (Å²) in [5.41, 5.74) is 0.740. The lowest BCUT2D eigenvalue weighted by Gasteiger charge is -2.18. The average Bonchev–Trinajstić information content (AvgIpc) is 2.75. The maximum absolute atomic E-state index is 13.5. The van der Waals surface area contributed by atoms with E-state index in [1.807, 2.05) is 6.92 Å². The normalized spacial score (nSPS) is 25.9. The zero-order chi connectivity index (χ0) is 12.4. The van der Waals surface area contributed by atoms with Gasteiger partial charge in [-0.15, -0.1) is 11.6 Å². The fourth-order valence-corrected chi connectivity index (χ4v) is 2.44. The number of alkyl halides is 1. The molecule has 0 radical (unpaired) electrons. The molecule has 1 aliphatic heterocycles. The van der Waals surface area contributed by atoms with Crippen molar-refractivity contribution < 1.29 is 13.9 Å². The predicted molar refractivity (Wildman–Crippen MR) is 65.1 cm³/mol. The van der Waals surface area contributed by atoms with Crippen LogP contribution in [0.5, 0.6) is 5.75 Å². The van der Waals surface area contributed by atoms with Gasteiger partial charge >= 0.3 is 0 Å². The number of hydrogen-bond acceptors (Lipinski definition) is 2. The third-order valence-electron chi connectivity index (χ3n) is 3.09. The van der Waals surface area contributed by atoms with Crippen LogP contribution in [0.2, 0.25) is 0 Å². The minimum absolute atomic E-state index is 0.0283. The van der Waals surface area contributed by atoms with Crippen LogP contribution in [0.1, 0.15) is 30.7 Å². The predicted octanol–water partition coefficient (Wildman–Crippen LogP) is 3.68. The van der Waals surface area contributed by atoms with E-state index in [1.165, 1.54) is 13.2 Å². The van der Waals surface area contributed by atoms with Crippen LogP contribution in [-0.2, 0) is 4.74 Å². The molecular formula is C13H16ClFO2. The van der Waals surface area contributed by atoms with E-state index in [0.717, 1.165) is 18.4 Å². The van der Waals surface area contributed by atoms with Gasteiger partial charge in [-0.25, -0.2) is 4.39 Å². The van der Waals surface area contributed by atoms with Gasteiger partial charge in [0.15, 0.2) is 11.6 Å². The van der Waals surface area contributed by atoms with Gasteiger partial charge < -0.3 is 9.47 Å². The number of ether oxygens (including phenoxy) is 2. The van der Waals surface area contributed by atoms with E-state index in [2.05, 4.69) is 0 Å². The average molecular weight is 259 g/mol. The molecule has 0 bridgehead atoms.